The molecule has 5 heteroatoms. The van der Waals surface area contributed by atoms with Crippen LogP contribution in [-0.4, -0.2) is 24.6 Å². The van der Waals surface area contributed by atoms with Gasteiger partial charge in [0.1, 0.15) is 5.75 Å². The number of ether oxygens (including phenoxy) is 2. The molecule has 0 fully saturated rings. The molecule has 0 aliphatic heterocycles. The Balaban J connectivity index is 1.77. The van der Waals surface area contributed by atoms with E-state index in [4.69, 9.17) is 9.47 Å². The summed E-state index contributed by atoms with van der Waals surface area (Å²) in [6.45, 7) is 1.27. The van der Waals surface area contributed by atoms with Gasteiger partial charge >= 0.3 is 5.97 Å². The number of benzene rings is 2. The molecule has 0 aromatic heterocycles. The van der Waals surface area contributed by atoms with Crippen molar-refractivity contribution in [1.29, 1.82) is 0 Å². The minimum atomic E-state index is -0.896. The Hall–Kier alpha value is -2.82. The monoisotopic (exact) mass is 299 g/mol. The number of anilines is 1. The molecule has 0 aliphatic rings. The van der Waals surface area contributed by atoms with Gasteiger partial charge in [0.15, 0.2) is 12.7 Å². The first-order valence-electron chi connectivity index (χ1n) is 6.88. The van der Waals surface area contributed by atoms with E-state index in [1.807, 2.05) is 12.1 Å². The zero-order valence-electron chi connectivity index (χ0n) is 12.2. The van der Waals surface area contributed by atoms with Crippen molar-refractivity contribution in [2.45, 2.75) is 13.0 Å². The van der Waals surface area contributed by atoms with Crippen molar-refractivity contribution in [2.75, 3.05) is 11.9 Å². The molecular weight excluding hydrogens is 282 g/mol. The van der Waals surface area contributed by atoms with Crippen LogP contribution in [0.15, 0.2) is 60.7 Å². The minimum absolute atomic E-state index is 0.243. The van der Waals surface area contributed by atoms with Crippen LogP contribution in [0.3, 0.4) is 0 Å². The molecule has 2 aromatic rings. The highest BCUT2D eigenvalue weighted by Gasteiger charge is 2.18. The fraction of sp³-hybridized carbons (Fsp3) is 0.176. The highest BCUT2D eigenvalue weighted by atomic mass is 16.6. The number of amides is 1. The van der Waals surface area contributed by atoms with Gasteiger partial charge in [-0.15, -0.1) is 0 Å². The van der Waals surface area contributed by atoms with E-state index < -0.39 is 12.1 Å². The molecule has 0 saturated heterocycles. The molecule has 114 valence electrons. The van der Waals surface area contributed by atoms with E-state index in [1.165, 1.54) is 6.92 Å². The van der Waals surface area contributed by atoms with Gasteiger partial charge in [-0.2, -0.15) is 0 Å². The van der Waals surface area contributed by atoms with Crippen LogP contribution in [0, 0.1) is 0 Å². The molecule has 22 heavy (non-hydrogen) atoms. The molecule has 1 N–H and O–H groups in total. The van der Waals surface area contributed by atoms with Gasteiger partial charge in [-0.1, -0.05) is 36.4 Å². The summed E-state index contributed by atoms with van der Waals surface area (Å²) in [5.41, 5.74) is 0.649. The summed E-state index contributed by atoms with van der Waals surface area (Å²) < 4.78 is 10.3. The molecule has 0 radical (unpaired) electrons. The number of hydrogen-bond acceptors (Lipinski definition) is 4. The fourth-order valence-corrected chi connectivity index (χ4v) is 1.71. The topological polar surface area (TPSA) is 64.6 Å². The van der Waals surface area contributed by atoms with Crippen LogP contribution in [0.2, 0.25) is 0 Å². The highest BCUT2D eigenvalue weighted by Crippen LogP contribution is 2.09. The second-order valence-electron chi connectivity index (χ2n) is 4.59. The van der Waals surface area contributed by atoms with E-state index in [-0.39, 0.29) is 12.5 Å². The zero-order chi connectivity index (χ0) is 15.8. The highest BCUT2D eigenvalue weighted by molar-refractivity contribution is 5.95. The predicted molar refractivity (Wildman–Crippen MR) is 82.6 cm³/mol. The largest absolute Gasteiger partial charge is 0.482 e. The summed E-state index contributed by atoms with van der Waals surface area (Å²) in [4.78, 5) is 23.5. The lowest BCUT2D eigenvalue weighted by Crippen LogP contribution is -2.31. The molecule has 5 nitrogen and oxygen atoms in total. The number of carbonyl (C=O) groups excluding carboxylic acids is 2. The first kappa shape index (κ1) is 15.6. The summed E-state index contributed by atoms with van der Waals surface area (Å²) in [7, 11) is 0. The first-order valence-corrected chi connectivity index (χ1v) is 6.88. The average molecular weight is 299 g/mol. The van der Waals surface area contributed by atoms with Gasteiger partial charge in [0.05, 0.1) is 0 Å². The van der Waals surface area contributed by atoms with Crippen molar-refractivity contribution in [3.63, 3.8) is 0 Å². The number of hydrogen-bond donors (Lipinski definition) is 1. The molecule has 0 spiro atoms. The van der Waals surface area contributed by atoms with Crippen molar-refractivity contribution in [3.05, 3.63) is 60.7 Å². The minimum Gasteiger partial charge on any atom is -0.482 e. The normalized spacial score (nSPS) is 11.3. The number of nitrogens with one attached hydrogen (secondary N) is 1. The summed E-state index contributed by atoms with van der Waals surface area (Å²) in [5.74, 6) is -0.417. The van der Waals surface area contributed by atoms with Gasteiger partial charge in [0.25, 0.3) is 5.91 Å². The van der Waals surface area contributed by atoms with Gasteiger partial charge in [-0.3, -0.25) is 4.79 Å². The van der Waals surface area contributed by atoms with Gasteiger partial charge in [0.2, 0.25) is 0 Å². The molecule has 1 atom stereocenters. The van der Waals surface area contributed by atoms with Crippen LogP contribution in [0.1, 0.15) is 6.92 Å². The molecule has 0 saturated carbocycles. The summed E-state index contributed by atoms with van der Waals surface area (Å²) >= 11 is 0. The molecule has 0 unspecified atom stereocenters. The van der Waals surface area contributed by atoms with Crippen molar-refractivity contribution < 1.29 is 19.1 Å². The maximum atomic E-state index is 11.9. The van der Waals surface area contributed by atoms with Crippen molar-refractivity contribution in [1.82, 2.24) is 0 Å². The van der Waals surface area contributed by atoms with E-state index in [2.05, 4.69) is 5.32 Å². The second-order valence-corrected chi connectivity index (χ2v) is 4.59. The van der Waals surface area contributed by atoms with Crippen LogP contribution in [0.5, 0.6) is 5.75 Å². The smallest absolute Gasteiger partial charge is 0.344 e. The maximum absolute atomic E-state index is 11.9. The molecule has 0 heterocycles. The standard InChI is InChI=1S/C17H17NO4/c1-13(17(20)18-14-8-4-2-5-9-14)22-16(19)12-21-15-10-6-3-7-11-15/h2-11,13H,12H2,1H3,(H,18,20)/t13-/m0/s1. The van der Waals surface area contributed by atoms with E-state index in [0.717, 1.165) is 0 Å². The molecule has 2 rings (SSSR count). The molecule has 0 bridgehead atoms. The Labute approximate surface area is 128 Å². The van der Waals surface area contributed by atoms with Crippen molar-refractivity contribution in [3.8, 4) is 5.75 Å². The van der Waals surface area contributed by atoms with Gasteiger partial charge < -0.3 is 14.8 Å². The second kappa shape index (κ2) is 7.83. The van der Waals surface area contributed by atoms with Crippen LogP contribution in [0.25, 0.3) is 0 Å². The van der Waals surface area contributed by atoms with E-state index in [9.17, 15) is 9.59 Å². The Morgan fingerprint density at radius 1 is 1.00 bits per heavy atom. The van der Waals surface area contributed by atoms with E-state index >= 15 is 0 Å². The van der Waals surface area contributed by atoms with Crippen LogP contribution in [-0.2, 0) is 14.3 Å². The Bertz CT molecular complexity index is 613. The Morgan fingerprint density at radius 3 is 2.23 bits per heavy atom. The fourth-order valence-electron chi connectivity index (χ4n) is 1.71. The Morgan fingerprint density at radius 2 is 1.59 bits per heavy atom. The molecule has 0 aliphatic carbocycles. The molecule has 2 aromatic carbocycles. The lowest BCUT2D eigenvalue weighted by molar-refractivity contribution is -0.155. The summed E-state index contributed by atoms with van der Waals surface area (Å²) in [6, 6.07) is 17.9. The van der Waals surface area contributed by atoms with Crippen LogP contribution >= 0.6 is 0 Å². The molecule has 1 amide bonds. The maximum Gasteiger partial charge on any atom is 0.344 e. The third kappa shape index (κ3) is 4.94. The quantitative estimate of drug-likeness (QED) is 0.833. The van der Waals surface area contributed by atoms with Gasteiger partial charge in [-0.25, -0.2) is 4.79 Å². The van der Waals surface area contributed by atoms with Crippen LogP contribution in [0.4, 0.5) is 5.69 Å². The first-order chi connectivity index (χ1) is 10.6. The van der Waals surface area contributed by atoms with Crippen LogP contribution < -0.4 is 10.1 Å². The zero-order valence-corrected chi connectivity index (χ0v) is 12.2. The van der Waals surface area contributed by atoms with Crippen molar-refractivity contribution in [2.24, 2.45) is 0 Å². The lowest BCUT2D eigenvalue weighted by Gasteiger charge is -2.13. The summed E-state index contributed by atoms with van der Waals surface area (Å²) in [6.07, 6.45) is -0.896. The number of carbonyl (C=O) groups is 2. The third-order valence-electron chi connectivity index (χ3n) is 2.82. The third-order valence-corrected chi connectivity index (χ3v) is 2.82. The van der Waals surface area contributed by atoms with E-state index in [0.29, 0.717) is 11.4 Å². The van der Waals surface area contributed by atoms with Crippen molar-refractivity contribution >= 4 is 17.6 Å². The molecular formula is C17H17NO4. The number of para-hydroxylation sites is 2. The summed E-state index contributed by atoms with van der Waals surface area (Å²) in [5, 5.41) is 2.66. The number of rotatable bonds is 6. The Kier molecular flexibility index (Phi) is 5.54. The average Bonchev–Trinajstić information content (AvgIpc) is 2.55. The SMILES string of the molecule is C[C@H](OC(=O)COc1ccccc1)C(=O)Nc1ccccc1. The predicted octanol–water partition coefficient (Wildman–Crippen LogP) is 2.64. The van der Waals surface area contributed by atoms with Gasteiger partial charge in [0, 0.05) is 5.69 Å². The number of esters is 1. The van der Waals surface area contributed by atoms with Gasteiger partial charge in [-0.05, 0) is 31.2 Å². The lowest BCUT2D eigenvalue weighted by atomic mass is 10.3. The van der Waals surface area contributed by atoms with E-state index in [1.54, 1.807) is 48.5 Å².